The van der Waals surface area contributed by atoms with Gasteiger partial charge < -0.3 is 0 Å². The molecule has 2 aliphatic carbocycles. The van der Waals surface area contributed by atoms with Crippen molar-refractivity contribution in [3.05, 3.63) is 0 Å². The maximum absolute atomic E-state index is 2.75. The first-order valence-corrected chi connectivity index (χ1v) is 5.67. The molecule has 0 bridgehead atoms. The van der Waals surface area contributed by atoms with Crippen molar-refractivity contribution in [2.75, 3.05) is 13.1 Å². The van der Waals surface area contributed by atoms with Gasteiger partial charge >= 0.3 is 0 Å². The second-order valence-electron chi connectivity index (χ2n) is 4.99. The molecule has 0 aromatic heterocycles. The van der Waals surface area contributed by atoms with Crippen LogP contribution < -0.4 is 0 Å². The topological polar surface area (TPSA) is 3.24 Å². The fraction of sp³-hybridized carbons (Fsp3) is 1.00. The Bertz CT molecular complexity index is 162. The van der Waals surface area contributed by atoms with Crippen LogP contribution >= 0.6 is 0 Å². The minimum atomic E-state index is 1.000. The van der Waals surface area contributed by atoms with Crippen LogP contribution in [0.15, 0.2) is 0 Å². The largest absolute Gasteiger partial charge is 0.300 e. The summed E-state index contributed by atoms with van der Waals surface area (Å²) >= 11 is 0. The van der Waals surface area contributed by atoms with Crippen molar-refractivity contribution in [1.29, 1.82) is 0 Å². The van der Waals surface area contributed by atoms with E-state index in [1.807, 2.05) is 0 Å². The summed E-state index contributed by atoms with van der Waals surface area (Å²) in [6, 6.07) is 1.000. The van der Waals surface area contributed by atoms with E-state index in [0.717, 1.165) is 17.9 Å². The number of likely N-dealkylation sites (tertiary alicyclic amines) is 1. The number of hydrogen-bond acceptors (Lipinski definition) is 1. The molecule has 3 aliphatic rings. The Morgan fingerprint density at radius 2 is 1.42 bits per heavy atom. The van der Waals surface area contributed by atoms with Gasteiger partial charge in [-0.25, -0.2) is 0 Å². The van der Waals surface area contributed by atoms with E-state index in [1.165, 1.54) is 38.8 Å². The Labute approximate surface area is 75.1 Å². The normalized spacial score (nSPS) is 34.0. The van der Waals surface area contributed by atoms with Crippen LogP contribution in [0.4, 0.5) is 0 Å². The van der Waals surface area contributed by atoms with E-state index < -0.39 is 0 Å². The molecule has 0 amide bonds. The third-order valence-electron chi connectivity index (χ3n) is 4.07. The quantitative estimate of drug-likeness (QED) is 0.606. The first kappa shape index (κ1) is 7.37. The lowest BCUT2D eigenvalue weighted by atomic mass is 9.92. The molecule has 0 aromatic carbocycles. The molecule has 0 radical (unpaired) electrons. The van der Waals surface area contributed by atoms with Crippen molar-refractivity contribution in [2.45, 2.75) is 44.6 Å². The Morgan fingerprint density at radius 3 is 2.00 bits per heavy atom. The summed E-state index contributed by atoms with van der Waals surface area (Å²) in [6.45, 7) is 2.91. The van der Waals surface area contributed by atoms with Crippen LogP contribution in [0.3, 0.4) is 0 Å². The standard InChI is InChI=1S/C11H19N/c1-2-4-11(3-1)12-7-10(8-12)9-5-6-9/h9-11H,1-8H2. The number of nitrogens with zero attached hydrogens (tertiary/aromatic N) is 1. The van der Waals surface area contributed by atoms with E-state index in [1.54, 1.807) is 12.8 Å². The number of hydrogen-bond donors (Lipinski definition) is 0. The molecule has 0 atom stereocenters. The van der Waals surface area contributed by atoms with Gasteiger partial charge in [-0.15, -0.1) is 0 Å². The van der Waals surface area contributed by atoms with Crippen LogP contribution in [-0.4, -0.2) is 24.0 Å². The molecule has 1 heterocycles. The van der Waals surface area contributed by atoms with Crippen LogP contribution in [-0.2, 0) is 0 Å². The average molecular weight is 165 g/mol. The monoisotopic (exact) mass is 165 g/mol. The highest BCUT2D eigenvalue weighted by Crippen LogP contribution is 2.43. The molecule has 68 valence electrons. The van der Waals surface area contributed by atoms with Crippen LogP contribution in [0.25, 0.3) is 0 Å². The van der Waals surface area contributed by atoms with Crippen molar-refractivity contribution < 1.29 is 0 Å². The molecule has 1 aliphatic heterocycles. The van der Waals surface area contributed by atoms with Crippen LogP contribution in [0.1, 0.15) is 38.5 Å². The summed E-state index contributed by atoms with van der Waals surface area (Å²) < 4.78 is 0. The molecule has 1 heteroatoms. The van der Waals surface area contributed by atoms with Crippen molar-refractivity contribution in [3.63, 3.8) is 0 Å². The lowest BCUT2D eigenvalue weighted by molar-refractivity contribution is 0.0432. The average Bonchev–Trinajstić information content (AvgIpc) is 2.63. The molecule has 2 saturated carbocycles. The summed E-state index contributed by atoms with van der Waals surface area (Å²) in [6.07, 6.45) is 9.08. The molecule has 3 fully saturated rings. The molecule has 0 unspecified atom stereocenters. The van der Waals surface area contributed by atoms with Gasteiger partial charge in [0.25, 0.3) is 0 Å². The molecule has 1 saturated heterocycles. The van der Waals surface area contributed by atoms with Gasteiger partial charge in [0.15, 0.2) is 0 Å². The zero-order valence-corrected chi connectivity index (χ0v) is 7.84. The smallest absolute Gasteiger partial charge is 0.00955 e. The lowest BCUT2D eigenvalue weighted by Crippen LogP contribution is -2.51. The summed E-state index contributed by atoms with van der Waals surface area (Å²) in [4.78, 5) is 2.75. The Morgan fingerprint density at radius 1 is 0.750 bits per heavy atom. The van der Waals surface area contributed by atoms with Gasteiger partial charge in [0.1, 0.15) is 0 Å². The number of rotatable bonds is 2. The lowest BCUT2D eigenvalue weighted by Gasteiger charge is -2.43. The molecule has 12 heavy (non-hydrogen) atoms. The zero-order chi connectivity index (χ0) is 7.97. The Kier molecular flexibility index (Phi) is 1.68. The minimum absolute atomic E-state index is 1.000. The van der Waals surface area contributed by atoms with E-state index in [-0.39, 0.29) is 0 Å². The van der Waals surface area contributed by atoms with Crippen molar-refractivity contribution in [1.82, 2.24) is 4.90 Å². The van der Waals surface area contributed by atoms with Crippen molar-refractivity contribution in [2.24, 2.45) is 11.8 Å². The van der Waals surface area contributed by atoms with Gasteiger partial charge in [-0.1, -0.05) is 12.8 Å². The third kappa shape index (κ3) is 1.19. The van der Waals surface area contributed by atoms with Crippen LogP contribution in [0.2, 0.25) is 0 Å². The second-order valence-corrected chi connectivity index (χ2v) is 4.99. The summed E-state index contributed by atoms with van der Waals surface area (Å²) in [5.41, 5.74) is 0. The first-order chi connectivity index (χ1) is 5.93. The van der Waals surface area contributed by atoms with Crippen molar-refractivity contribution in [3.8, 4) is 0 Å². The second kappa shape index (κ2) is 2.73. The molecular weight excluding hydrogens is 146 g/mol. The van der Waals surface area contributed by atoms with Gasteiger partial charge in [-0.3, -0.25) is 4.90 Å². The molecule has 0 aromatic rings. The van der Waals surface area contributed by atoms with Crippen molar-refractivity contribution >= 4 is 0 Å². The highest BCUT2D eigenvalue weighted by atomic mass is 15.2. The Hall–Kier alpha value is -0.0400. The maximum atomic E-state index is 2.75. The fourth-order valence-corrected chi connectivity index (χ4v) is 2.98. The van der Waals surface area contributed by atoms with E-state index in [4.69, 9.17) is 0 Å². The minimum Gasteiger partial charge on any atom is -0.300 e. The summed E-state index contributed by atoms with van der Waals surface area (Å²) in [5.74, 6) is 2.27. The predicted molar refractivity (Wildman–Crippen MR) is 50.0 cm³/mol. The van der Waals surface area contributed by atoms with Gasteiger partial charge in [0.05, 0.1) is 0 Å². The zero-order valence-electron chi connectivity index (χ0n) is 7.84. The highest BCUT2D eigenvalue weighted by Gasteiger charge is 2.41. The van der Waals surface area contributed by atoms with Crippen LogP contribution in [0, 0.1) is 11.8 Å². The maximum Gasteiger partial charge on any atom is 0.00955 e. The van der Waals surface area contributed by atoms with E-state index in [0.29, 0.717) is 0 Å². The first-order valence-electron chi connectivity index (χ1n) is 5.67. The fourth-order valence-electron chi connectivity index (χ4n) is 2.98. The van der Waals surface area contributed by atoms with E-state index in [9.17, 15) is 0 Å². The predicted octanol–water partition coefficient (Wildman–Crippen LogP) is 2.27. The van der Waals surface area contributed by atoms with Gasteiger partial charge in [-0.05, 0) is 37.5 Å². The van der Waals surface area contributed by atoms with Gasteiger partial charge in [0.2, 0.25) is 0 Å². The highest BCUT2D eigenvalue weighted by molar-refractivity contribution is 4.94. The molecule has 0 spiro atoms. The Balaban J connectivity index is 1.48. The van der Waals surface area contributed by atoms with Gasteiger partial charge in [-0.2, -0.15) is 0 Å². The summed E-state index contributed by atoms with van der Waals surface area (Å²) in [7, 11) is 0. The molecule has 1 nitrogen and oxygen atoms in total. The van der Waals surface area contributed by atoms with Gasteiger partial charge in [0, 0.05) is 19.1 Å². The molecular formula is C11H19N. The SMILES string of the molecule is C1CCC(N2CC(C3CC3)C2)C1. The van der Waals surface area contributed by atoms with Crippen LogP contribution in [0.5, 0.6) is 0 Å². The van der Waals surface area contributed by atoms with E-state index in [2.05, 4.69) is 4.90 Å². The van der Waals surface area contributed by atoms with E-state index >= 15 is 0 Å². The molecule has 3 rings (SSSR count). The molecule has 0 N–H and O–H groups in total. The summed E-state index contributed by atoms with van der Waals surface area (Å²) in [5, 5.41) is 0. The third-order valence-corrected chi connectivity index (χ3v) is 4.07.